The first-order valence-corrected chi connectivity index (χ1v) is 8.91. The van der Waals surface area contributed by atoms with E-state index >= 15 is 0 Å². The average molecular weight is 335 g/mol. The number of hydrogen-bond acceptors (Lipinski definition) is 1. The standard InChI is InChI=1S/C25H21N/c1-18-8-6-9-19(2)25(18)23-13-7-12-22(16-23)24-17-21(14-15-26-24)20-10-4-3-5-11-20/h3-17H,1-2H3. The molecule has 4 rings (SSSR count). The van der Waals surface area contributed by atoms with Crippen molar-refractivity contribution >= 4 is 0 Å². The van der Waals surface area contributed by atoms with Gasteiger partial charge in [-0.3, -0.25) is 4.98 Å². The third-order valence-electron chi connectivity index (χ3n) is 4.80. The molecular formula is C25H21N. The van der Waals surface area contributed by atoms with E-state index in [0.717, 1.165) is 11.3 Å². The second-order valence-electron chi connectivity index (χ2n) is 6.64. The Labute approximate surface area is 155 Å². The van der Waals surface area contributed by atoms with Gasteiger partial charge in [-0.05, 0) is 65.4 Å². The van der Waals surface area contributed by atoms with Crippen LogP contribution in [0.25, 0.3) is 33.5 Å². The number of benzene rings is 3. The van der Waals surface area contributed by atoms with Gasteiger partial charge >= 0.3 is 0 Å². The number of hydrogen-bond donors (Lipinski definition) is 0. The largest absolute Gasteiger partial charge is 0.256 e. The third kappa shape index (κ3) is 3.16. The Balaban J connectivity index is 1.78. The van der Waals surface area contributed by atoms with Crippen molar-refractivity contribution in [3.63, 3.8) is 0 Å². The van der Waals surface area contributed by atoms with Gasteiger partial charge in [-0.25, -0.2) is 0 Å². The van der Waals surface area contributed by atoms with Gasteiger partial charge in [0.2, 0.25) is 0 Å². The highest BCUT2D eigenvalue weighted by Crippen LogP contribution is 2.31. The Bertz CT molecular complexity index is 1030. The van der Waals surface area contributed by atoms with E-state index in [1.165, 1.54) is 33.4 Å². The first-order chi connectivity index (χ1) is 12.7. The van der Waals surface area contributed by atoms with E-state index < -0.39 is 0 Å². The molecular weight excluding hydrogens is 314 g/mol. The van der Waals surface area contributed by atoms with E-state index in [1.807, 2.05) is 12.3 Å². The Morgan fingerprint density at radius 2 is 1.19 bits per heavy atom. The van der Waals surface area contributed by atoms with E-state index in [-0.39, 0.29) is 0 Å². The van der Waals surface area contributed by atoms with Gasteiger partial charge in [-0.15, -0.1) is 0 Å². The highest BCUT2D eigenvalue weighted by molar-refractivity contribution is 5.77. The maximum absolute atomic E-state index is 4.61. The molecule has 0 bridgehead atoms. The van der Waals surface area contributed by atoms with E-state index in [1.54, 1.807) is 0 Å². The summed E-state index contributed by atoms with van der Waals surface area (Å²) in [5.41, 5.74) is 9.69. The van der Waals surface area contributed by atoms with Crippen LogP contribution in [-0.2, 0) is 0 Å². The van der Waals surface area contributed by atoms with Crippen molar-refractivity contribution < 1.29 is 0 Å². The summed E-state index contributed by atoms with van der Waals surface area (Å²) in [5.74, 6) is 0. The molecule has 0 fully saturated rings. The summed E-state index contributed by atoms with van der Waals surface area (Å²) in [4.78, 5) is 4.61. The lowest BCUT2D eigenvalue weighted by molar-refractivity contribution is 1.32. The van der Waals surface area contributed by atoms with Crippen LogP contribution < -0.4 is 0 Å². The van der Waals surface area contributed by atoms with Gasteiger partial charge in [-0.2, -0.15) is 0 Å². The van der Waals surface area contributed by atoms with Crippen molar-refractivity contribution in [1.29, 1.82) is 0 Å². The molecule has 0 aliphatic carbocycles. The Kier molecular flexibility index (Phi) is 4.37. The minimum atomic E-state index is 0.999. The summed E-state index contributed by atoms with van der Waals surface area (Å²) in [5, 5.41) is 0. The monoisotopic (exact) mass is 335 g/mol. The van der Waals surface area contributed by atoms with Crippen LogP contribution in [0.2, 0.25) is 0 Å². The van der Waals surface area contributed by atoms with Gasteiger partial charge in [0.15, 0.2) is 0 Å². The van der Waals surface area contributed by atoms with E-state index in [9.17, 15) is 0 Å². The predicted octanol–water partition coefficient (Wildman–Crippen LogP) is 6.70. The molecule has 0 saturated carbocycles. The second kappa shape index (κ2) is 6.97. The smallest absolute Gasteiger partial charge is 0.0708 e. The molecule has 0 amide bonds. The molecule has 0 aliphatic heterocycles. The molecule has 0 saturated heterocycles. The summed E-state index contributed by atoms with van der Waals surface area (Å²) in [6.45, 7) is 4.34. The summed E-state index contributed by atoms with van der Waals surface area (Å²) in [7, 11) is 0. The number of aromatic nitrogens is 1. The molecule has 1 heterocycles. The van der Waals surface area contributed by atoms with Gasteiger partial charge in [-0.1, -0.05) is 66.7 Å². The molecule has 0 atom stereocenters. The van der Waals surface area contributed by atoms with Crippen LogP contribution in [0.4, 0.5) is 0 Å². The lowest BCUT2D eigenvalue weighted by Crippen LogP contribution is -1.90. The van der Waals surface area contributed by atoms with E-state index in [2.05, 4.69) is 97.7 Å². The molecule has 126 valence electrons. The van der Waals surface area contributed by atoms with Crippen LogP contribution in [0, 0.1) is 13.8 Å². The van der Waals surface area contributed by atoms with Crippen molar-refractivity contribution in [3.8, 4) is 33.5 Å². The molecule has 0 N–H and O–H groups in total. The van der Waals surface area contributed by atoms with Crippen LogP contribution in [0.3, 0.4) is 0 Å². The zero-order chi connectivity index (χ0) is 17.9. The number of aryl methyl sites for hydroxylation is 2. The molecule has 26 heavy (non-hydrogen) atoms. The molecule has 4 aromatic rings. The lowest BCUT2D eigenvalue weighted by Gasteiger charge is -2.12. The average Bonchev–Trinajstić information content (AvgIpc) is 2.69. The zero-order valence-corrected chi connectivity index (χ0v) is 15.1. The summed E-state index contributed by atoms with van der Waals surface area (Å²) in [6.07, 6.45) is 1.89. The molecule has 3 aromatic carbocycles. The van der Waals surface area contributed by atoms with Crippen molar-refractivity contribution in [2.45, 2.75) is 13.8 Å². The van der Waals surface area contributed by atoms with E-state index in [4.69, 9.17) is 0 Å². The summed E-state index contributed by atoms with van der Waals surface area (Å²) >= 11 is 0. The molecule has 0 unspecified atom stereocenters. The minimum absolute atomic E-state index is 0.999. The Morgan fingerprint density at radius 1 is 0.538 bits per heavy atom. The van der Waals surface area contributed by atoms with Crippen molar-refractivity contribution in [2.24, 2.45) is 0 Å². The van der Waals surface area contributed by atoms with Crippen LogP contribution >= 0.6 is 0 Å². The zero-order valence-electron chi connectivity index (χ0n) is 15.1. The quantitative estimate of drug-likeness (QED) is 0.406. The highest BCUT2D eigenvalue weighted by atomic mass is 14.7. The topological polar surface area (TPSA) is 12.9 Å². The molecule has 0 aliphatic rings. The van der Waals surface area contributed by atoms with Crippen molar-refractivity contribution in [2.75, 3.05) is 0 Å². The normalized spacial score (nSPS) is 10.7. The number of rotatable bonds is 3. The molecule has 0 radical (unpaired) electrons. The van der Waals surface area contributed by atoms with Crippen LogP contribution in [0.1, 0.15) is 11.1 Å². The Morgan fingerprint density at radius 3 is 1.96 bits per heavy atom. The number of pyridine rings is 1. The fraction of sp³-hybridized carbons (Fsp3) is 0.0800. The molecule has 1 heteroatoms. The van der Waals surface area contributed by atoms with Gasteiger partial charge in [0.25, 0.3) is 0 Å². The lowest BCUT2D eigenvalue weighted by atomic mass is 9.94. The SMILES string of the molecule is Cc1cccc(C)c1-c1cccc(-c2cc(-c3ccccc3)ccn2)c1. The van der Waals surface area contributed by atoms with Gasteiger partial charge < -0.3 is 0 Å². The summed E-state index contributed by atoms with van der Waals surface area (Å²) < 4.78 is 0. The molecule has 0 spiro atoms. The van der Waals surface area contributed by atoms with Gasteiger partial charge in [0.05, 0.1) is 5.69 Å². The van der Waals surface area contributed by atoms with Crippen molar-refractivity contribution in [1.82, 2.24) is 4.98 Å². The fourth-order valence-corrected chi connectivity index (χ4v) is 3.50. The first-order valence-electron chi connectivity index (χ1n) is 8.91. The van der Waals surface area contributed by atoms with Gasteiger partial charge in [0, 0.05) is 11.8 Å². The van der Waals surface area contributed by atoms with Crippen LogP contribution in [0.5, 0.6) is 0 Å². The maximum Gasteiger partial charge on any atom is 0.0708 e. The molecule has 1 nitrogen and oxygen atoms in total. The maximum atomic E-state index is 4.61. The third-order valence-corrected chi connectivity index (χ3v) is 4.80. The molecule has 1 aromatic heterocycles. The minimum Gasteiger partial charge on any atom is -0.256 e. The van der Waals surface area contributed by atoms with Crippen LogP contribution in [0.15, 0.2) is 91.1 Å². The highest BCUT2D eigenvalue weighted by Gasteiger charge is 2.08. The number of nitrogens with zero attached hydrogens (tertiary/aromatic N) is 1. The Hall–Kier alpha value is -3.19. The predicted molar refractivity (Wildman–Crippen MR) is 110 cm³/mol. The van der Waals surface area contributed by atoms with Crippen molar-refractivity contribution in [3.05, 3.63) is 102 Å². The van der Waals surface area contributed by atoms with E-state index in [0.29, 0.717) is 0 Å². The van der Waals surface area contributed by atoms with Gasteiger partial charge in [0.1, 0.15) is 0 Å². The second-order valence-corrected chi connectivity index (χ2v) is 6.64. The first kappa shape index (κ1) is 16.3. The fourth-order valence-electron chi connectivity index (χ4n) is 3.50. The van der Waals surface area contributed by atoms with Crippen LogP contribution in [-0.4, -0.2) is 4.98 Å². The summed E-state index contributed by atoms with van der Waals surface area (Å²) in [6, 6.07) is 29.8.